The van der Waals surface area contributed by atoms with Crippen LogP contribution in [0.15, 0.2) is 91.0 Å². The first-order valence-electron chi connectivity index (χ1n) is 7.74. The van der Waals surface area contributed by atoms with Crippen molar-refractivity contribution in [1.29, 1.82) is 0 Å². The van der Waals surface area contributed by atoms with Crippen LogP contribution in [0.1, 0.15) is 0 Å². The van der Waals surface area contributed by atoms with E-state index in [-0.39, 0.29) is 0 Å². The van der Waals surface area contributed by atoms with Crippen molar-refractivity contribution in [2.24, 2.45) is 0 Å². The first-order chi connectivity index (χ1) is 11.4. The van der Waals surface area contributed by atoms with E-state index in [1.165, 1.54) is 15.6 Å². The van der Waals surface area contributed by atoms with Crippen LogP contribution >= 0.6 is 15.9 Å². The van der Waals surface area contributed by atoms with E-state index in [1.54, 1.807) is 0 Å². The fourth-order valence-corrected chi connectivity index (χ4v) is 7.31. The lowest BCUT2D eigenvalue weighted by atomic mass is 10.3. The van der Waals surface area contributed by atoms with E-state index in [2.05, 4.69) is 107 Å². The molecular formula is C20H19BrOSi. The van der Waals surface area contributed by atoms with Crippen molar-refractivity contribution in [2.45, 2.75) is 0 Å². The van der Waals surface area contributed by atoms with Gasteiger partial charge in [0.15, 0.2) is 0 Å². The number of alkyl halides is 1. The van der Waals surface area contributed by atoms with E-state index in [4.69, 9.17) is 4.43 Å². The van der Waals surface area contributed by atoms with Gasteiger partial charge in [-0.05, 0) is 15.6 Å². The molecule has 3 rings (SSSR count). The zero-order valence-corrected chi connectivity index (χ0v) is 15.4. The van der Waals surface area contributed by atoms with Gasteiger partial charge >= 0.3 is 0 Å². The molecule has 0 heterocycles. The molecule has 0 aliphatic heterocycles. The first kappa shape index (κ1) is 16.2. The minimum atomic E-state index is -2.47. The van der Waals surface area contributed by atoms with Gasteiger partial charge in [-0.25, -0.2) is 0 Å². The van der Waals surface area contributed by atoms with Crippen LogP contribution in [0.4, 0.5) is 0 Å². The van der Waals surface area contributed by atoms with Gasteiger partial charge in [0.25, 0.3) is 8.32 Å². The summed E-state index contributed by atoms with van der Waals surface area (Å²) >= 11 is 3.52. The maximum absolute atomic E-state index is 6.63. The van der Waals surface area contributed by atoms with Crippen LogP contribution in [0.3, 0.4) is 0 Å². The van der Waals surface area contributed by atoms with Crippen LogP contribution in [0.2, 0.25) is 0 Å². The highest BCUT2D eigenvalue weighted by atomic mass is 79.9. The van der Waals surface area contributed by atoms with Gasteiger partial charge in [0.1, 0.15) is 0 Å². The van der Waals surface area contributed by atoms with Gasteiger partial charge in [0.05, 0.1) is 0 Å². The van der Waals surface area contributed by atoms with E-state index in [1.807, 2.05) is 0 Å². The summed E-state index contributed by atoms with van der Waals surface area (Å²) in [7, 11) is -2.47. The molecule has 3 aromatic carbocycles. The summed E-state index contributed by atoms with van der Waals surface area (Å²) in [4.78, 5) is 0. The van der Waals surface area contributed by atoms with Crippen molar-refractivity contribution < 1.29 is 4.43 Å². The number of hydrogen-bond acceptors (Lipinski definition) is 1. The van der Waals surface area contributed by atoms with Crippen molar-refractivity contribution in [2.75, 3.05) is 11.9 Å². The Morgan fingerprint density at radius 2 is 0.957 bits per heavy atom. The molecule has 0 bridgehead atoms. The molecular weight excluding hydrogens is 364 g/mol. The third kappa shape index (κ3) is 3.32. The van der Waals surface area contributed by atoms with Gasteiger partial charge in [-0.1, -0.05) is 107 Å². The molecule has 0 fully saturated rings. The Bertz CT molecular complexity index is 620. The molecule has 1 nitrogen and oxygen atoms in total. The number of halogens is 1. The highest BCUT2D eigenvalue weighted by Crippen LogP contribution is 2.10. The minimum Gasteiger partial charge on any atom is -0.403 e. The molecule has 3 aromatic rings. The predicted molar refractivity (Wildman–Crippen MR) is 104 cm³/mol. The van der Waals surface area contributed by atoms with Crippen LogP contribution in [-0.2, 0) is 4.43 Å². The van der Waals surface area contributed by atoms with Crippen molar-refractivity contribution in [3.05, 3.63) is 91.0 Å². The summed E-state index contributed by atoms with van der Waals surface area (Å²) in [6, 6.07) is 31.9. The van der Waals surface area contributed by atoms with Gasteiger partial charge in [-0.3, -0.25) is 0 Å². The average Bonchev–Trinajstić information content (AvgIpc) is 2.65. The van der Waals surface area contributed by atoms with Crippen LogP contribution in [0, 0.1) is 0 Å². The maximum Gasteiger partial charge on any atom is 0.288 e. The Balaban J connectivity index is 2.25. The summed E-state index contributed by atoms with van der Waals surface area (Å²) in [5, 5.41) is 4.66. The lowest BCUT2D eigenvalue weighted by molar-refractivity contribution is 0.352. The summed E-state index contributed by atoms with van der Waals surface area (Å²) < 4.78 is 6.63. The van der Waals surface area contributed by atoms with Crippen LogP contribution in [0.5, 0.6) is 0 Å². The van der Waals surface area contributed by atoms with Gasteiger partial charge < -0.3 is 4.43 Å². The molecule has 116 valence electrons. The zero-order valence-electron chi connectivity index (χ0n) is 12.9. The van der Waals surface area contributed by atoms with E-state index in [9.17, 15) is 0 Å². The summed E-state index contributed by atoms with van der Waals surface area (Å²) in [6.07, 6.45) is 0. The Hall–Kier alpha value is -1.68. The molecule has 0 amide bonds. The highest BCUT2D eigenvalue weighted by Gasteiger charge is 2.41. The van der Waals surface area contributed by atoms with E-state index < -0.39 is 8.32 Å². The van der Waals surface area contributed by atoms with Gasteiger partial charge in [-0.15, -0.1) is 0 Å². The maximum atomic E-state index is 6.63. The highest BCUT2D eigenvalue weighted by molar-refractivity contribution is 9.09. The normalized spacial score (nSPS) is 11.3. The summed E-state index contributed by atoms with van der Waals surface area (Å²) in [5.41, 5.74) is 0. The second-order valence-electron chi connectivity index (χ2n) is 5.32. The summed E-state index contributed by atoms with van der Waals surface area (Å²) in [5.74, 6) is 0. The molecule has 23 heavy (non-hydrogen) atoms. The smallest absolute Gasteiger partial charge is 0.288 e. The molecule has 0 unspecified atom stereocenters. The van der Waals surface area contributed by atoms with E-state index >= 15 is 0 Å². The second kappa shape index (κ2) is 7.73. The fourth-order valence-electron chi connectivity index (χ4n) is 2.96. The van der Waals surface area contributed by atoms with Gasteiger partial charge in [0.2, 0.25) is 0 Å². The third-order valence-corrected chi connectivity index (χ3v) is 8.34. The number of benzene rings is 3. The molecule has 0 saturated heterocycles. The monoisotopic (exact) mass is 382 g/mol. The molecule has 3 heteroatoms. The van der Waals surface area contributed by atoms with Crippen molar-refractivity contribution >= 4 is 39.8 Å². The molecule has 0 aliphatic carbocycles. The predicted octanol–water partition coefficient (Wildman–Crippen LogP) is 3.07. The van der Waals surface area contributed by atoms with Crippen molar-refractivity contribution in [3.8, 4) is 0 Å². The number of rotatable bonds is 6. The molecule has 0 spiro atoms. The van der Waals surface area contributed by atoms with Crippen LogP contribution in [-0.4, -0.2) is 20.3 Å². The minimum absolute atomic E-state index is 0.685. The lowest BCUT2D eigenvalue weighted by Gasteiger charge is -2.32. The Labute approximate surface area is 147 Å². The van der Waals surface area contributed by atoms with Crippen molar-refractivity contribution in [3.63, 3.8) is 0 Å². The standard InChI is InChI=1S/C20H19BrOSi/c21-16-17-22-23(18-10-4-1-5-11-18,19-12-6-2-7-13-19)20-14-8-3-9-15-20/h1-15H,16-17H2. The zero-order chi connectivity index (χ0) is 16.0. The lowest BCUT2D eigenvalue weighted by Crippen LogP contribution is -2.69. The molecule has 0 saturated carbocycles. The first-order valence-corrected chi connectivity index (χ1v) is 10.8. The Kier molecular flexibility index (Phi) is 5.44. The molecule has 0 atom stereocenters. The van der Waals surface area contributed by atoms with Crippen molar-refractivity contribution in [1.82, 2.24) is 0 Å². The fraction of sp³-hybridized carbons (Fsp3) is 0.100. The molecule has 0 radical (unpaired) electrons. The molecule has 0 N–H and O–H groups in total. The van der Waals surface area contributed by atoms with E-state index in [0.29, 0.717) is 6.61 Å². The average molecular weight is 383 g/mol. The van der Waals surface area contributed by atoms with Crippen LogP contribution < -0.4 is 15.6 Å². The largest absolute Gasteiger partial charge is 0.403 e. The quantitative estimate of drug-likeness (QED) is 0.361. The molecule has 0 aliphatic rings. The second-order valence-corrected chi connectivity index (χ2v) is 9.49. The van der Waals surface area contributed by atoms with Gasteiger partial charge in [0, 0.05) is 11.9 Å². The van der Waals surface area contributed by atoms with Crippen LogP contribution in [0.25, 0.3) is 0 Å². The number of hydrogen-bond donors (Lipinski definition) is 0. The topological polar surface area (TPSA) is 9.23 Å². The third-order valence-electron chi connectivity index (χ3n) is 3.94. The van der Waals surface area contributed by atoms with E-state index in [0.717, 1.165) is 5.33 Å². The molecule has 0 aromatic heterocycles. The Morgan fingerprint density at radius 3 is 1.26 bits per heavy atom. The Morgan fingerprint density at radius 1 is 0.609 bits per heavy atom. The van der Waals surface area contributed by atoms with Gasteiger partial charge in [-0.2, -0.15) is 0 Å². The summed E-state index contributed by atoms with van der Waals surface area (Å²) in [6.45, 7) is 0.685. The SMILES string of the molecule is BrCCO[Si](c1ccccc1)(c1ccccc1)c1ccccc1.